The van der Waals surface area contributed by atoms with Crippen molar-refractivity contribution in [1.29, 1.82) is 0 Å². The van der Waals surface area contributed by atoms with Crippen LogP contribution in [-0.2, 0) is 9.59 Å². The van der Waals surface area contributed by atoms with Crippen LogP contribution in [0.15, 0.2) is 53.7 Å². The molecule has 1 fully saturated rings. The number of amides is 5. The van der Waals surface area contributed by atoms with Crippen LogP contribution in [0.25, 0.3) is 6.08 Å². The fraction of sp³-hybridized carbons (Fsp3) is 0.182. The molecule has 1 N–H and O–H groups in total. The molecule has 0 aliphatic carbocycles. The van der Waals surface area contributed by atoms with E-state index in [9.17, 15) is 24.0 Å². The van der Waals surface area contributed by atoms with Gasteiger partial charge >= 0.3 is 0 Å². The molecule has 4 rings (SSSR count). The summed E-state index contributed by atoms with van der Waals surface area (Å²) in [5.41, 5.74) is 1.21. The molecule has 10 heteroatoms. The molecular weight excluding hydrogens is 432 g/mol. The van der Waals surface area contributed by atoms with Crippen molar-refractivity contribution in [3.63, 3.8) is 0 Å². The van der Waals surface area contributed by atoms with Crippen molar-refractivity contribution < 1.29 is 24.0 Å². The van der Waals surface area contributed by atoms with Crippen LogP contribution in [0.3, 0.4) is 0 Å². The summed E-state index contributed by atoms with van der Waals surface area (Å²) in [5, 5.41) is 2.15. The van der Waals surface area contributed by atoms with Gasteiger partial charge in [0.25, 0.3) is 23.0 Å². The third-order valence-electron chi connectivity index (χ3n) is 5.08. The average molecular weight is 450 g/mol. The minimum atomic E-state index is -1.04. The molecular formula is C22H18N4O5S. The van der Waals surface area contributed by atoms with Gasteiger partial charge in [0, 0.05) is 25.5 Å². The van der Waals surface area contributed by atoms with E-state index in [0.29, 0.717) is 5.56 Å². The minimum Gasteiger partial charge on any atom is -0.353 e. The van der Waals surface area contributed by atoms with Crippen molar-refractivity contribution in [1.82, 2.24) is 20.1 Å². The van der Waals surface area contributed by atoms with E-state index in [1.807, 2.05) is 0 Å². The zero-order valence-electron chi connectivity index (χ0n) is 17.0. The van der Waals surface area contributed by atoms with Gasteiger partial charge in [-0.3, -0.25) is 38.8 Å². The molecule has 3 heterocycles. The third-order valence-corrected chi connectivity index (χ3v) is 5.99. The van der Waals surface area contributed by atoms with Gasteiger partial charge in [-0.05, 0) is 48.5 Å². The van der Waals surface area contributed by atoms with Crippen LogP contribution in [0.5, 0.6) is 0 Å². The lowest BCUT2D eigenvalue weighted by Gasteiger charge is -2.22. The van der Waals surface area contributed by atoms with E-state index in [1.165, 1.54) is 6.92 Å². The number of carbonyl (C=O) groups is 5. The molecule has 1 saturated heterocycles. The average Bonchev–Trinajstić information content (AvgIpc) is 3.21. The minimum absolute atomic E-state index is 0.00937. The molecule has 1 aromatic carbocycles. The Labute approximate surface area is 187 Å². The highest BCUT2D eigenvalue weighted by Gasteiger charge is 2.40. The number of hydrogen-bond acceptors (Lipinski definition) is 7. The molecule has 1 atom stereocenters. The molecule has 0 bridgehead atoms. The molecule has 0 spiro atoms. The number of fused-ring (bicyclic) bond motifs is 1. The molecule has 9 nitrogen and oxygen atoms in total. The summed E-state index contributed by atoms with van der Waals surface area (Å²) in [5.74, 6) is -2.07. The quantitative estimate of drug-likeness (QED) is 0.528. The van der Waals surface area contributed by atoms with Gasteiger partial charge in [0.1, 0.15) is 6.04 Å². The summed E-state index contributed by atoms with van der Waals surface area (Å²) in [6, 6.07) is 8.83. The molecule has 0 unspecified atom stereocenters. The molecule has 0 radical (unpaired) electrons. The Morgan fingerprint density at radius 1 is 1.06 bits per heavy atom. The van der Waals surface area contributed by atoms with E-state index in [1.54, 1.807) is 54.9 Å². The Bertz CT molecular complexity index is 1130. The largest absolute Gasteiger partial charge is 0.353 e. The van der Waals surface area contributed by atoms with Crippen molar-refractivity contribution in [2.24, 2.45) is 0 Å². The number of aromatic nitrogens is 1. The van der Waals surface area contributed by atoms with Crippen LogP contribution >= 0.6 is 11.8 Å². The van der Waals surface area contributed by atoms with E-state index in [2.05, 4.69) is 10.3 Å². The van der Waals surface area contributed by atoms with Gasteiger partial charge < -0.3 is 5.32 Å². The van der Waals surface area contributed by atoms with Gasteiger partial charge in [0.05, 0.1) is 16.0 Å². The normalized spacial score (nSPS) is 17.8. The number of thioether (sulfide) groups is 1. The summed E-state index contributed by atoms with van der Waals surface area (Å²) in [6.45, 7) is 1.41. The second-order valence-electron chi connectivity index (χ2n) is 7.11. The molecule has 2 aliphatic rings. The predicted octanol–water partition coefficient (Wildman–Crippen LogP) is 1.92. The Kier molecular flexibility index (Phi) is 5.87. The Hall–Kier alpha value is -3.79. The van der Waals surface area contributed by atoms with Gasteiger partial charge in [-0.2, -0.15) is 0 Å². The van der Waals surface area contributed by atoms with Crippen LogP contribution in [0.2, 0.25) is 0 Å². The maximum atomic E-state index is 12.5. The van der Waals surface area contributed by atoms with Crippen molar-refractivity contribution >= 4 is 46.7 Å². The summed E-state index contributed by atoms with van der Waals surface area (Å²) in [6.07, 6.45) is 4.77. The molecule has 2 aliphatic heterocycles. The van der Waals surface area contributed by atoms with Crippen LogP contribution in [0, 0.1) is 0 Å². The molecule has 1 aromatic heterocycles. The number of hydrogen-bond donors (Lipinski definition) is 1. The molecule has 5 amide bonds. The SMILES string of the molecule is C[C@@H](C(=O)NCCN1C(=O)S/C(=C\c2cccnc2)C1=O)N1C(=O)c2ccccc2C1=O. The van der Waals surface area contributed by atoms with E-state index in [4.69, 9.17) is 0 Å². The number of benzene rings is 1. The van der Waals surface area contributed by atoms with Crippen molar-refractivity contribution in [3.05, 3.63) is 70.4 Å². The maximum Gasteiger partial charge on any atom is 0.293 e. The second kappa shape index (κ2) is 8.75. The van der Waals surface area contributed by atoms with Crippen molar-refractivity contribution in [3.8, 4) is 0 Å². The zero-order valence-corrected chi connectivity index (χ0v) is 17.8. The topological polar surface area (TPSA) is 117 Å². The summed E-state index contributed by atoms with van der Waals surface area (Å²) >= 11 is 0.816. The van der Waals surface area contributed by atoms with Gasteiger partial charge in [-0.25, -0.2) is 0 Å². The maximum absolute atomic E-state index is 12.5. The van der Waals surface area contributed by atoms with E-state index in [-0.39, 0.29) is 29.1 Å². The molecule has 2 aromatic rings. The number of imide groups is 2. The van der Waals surface area contributed by atoms with Gasteiger partial charge in [0.15, 0.2) is 0 Å². The highest BCUT2D eigenvalue weighted by molar-refractivity contribution is 8.18. The van der Waals surface area contributed by atoms with E-state index in [0.717, 1.165) is 21.6 Å². The number of pyridine rings is 1. The van der Waals surface area contributed by atoms with E-state index < -0.39 is 34.9 Å². The lowest BCUT2D eigenvalue weighted by atomic mass is 10.1. The summed E-state index contributed by atoms with van der Waals surface area (Å²) in [7, 11) is 0. The third kappa shape index (κ3) is 3.92. The highest BCUT2D eigenvalue weighted by Crippen LogP contribution is 2.31. The lowest BCUT2D eigenvalue weighted by Crippen LogP contribution is -2.49. The Morgan fingerprint density at radius 2 is 1.75 bits per heavy atom. The number of nitrogens with one attached hydrogen (secondary N) is 1. The first-order valence-corrected chi connectivity index (χ1v) is 10.6. The second-order valence-corrected chi connectivity index (χ2v) is 8.11. The summed E-state index contributed by atoms with van der Waals surface area (Å²) in [4.78, 5) is 68.5. The van der Waals surface area contributed by atoms with Gasteiger partial charge in [-0.1, -0.05) is 18.2 Å². The molecule has 162 valence electrons. The number of nitrogens with zero attached hydrogens (tertiary/aromatic N) is 3. The number of carbonyl (C=O) groups excluding carboxylic acids is 5. The Balaban J connectivity index is 1.35. The van der Waals surface area contributed by atoms with E-state index >= 15 is 0 Å². The van der Waals surface area contributed by atoms with Gasteiger partial charge in [-0.15, -0.1) is 0 Å². The first-order valence-electron chi connectivity index (χ1n) is 9.78. The van der Waals surface area contributed by atoms with Gasteiger partial charge in [0.2, 0.25) is 5.91 Å². The van der Waals surface area contributed by atoms with Crippen molar-refractivity contribution in [2.45, 2.75) is 13.0 Å². The zero-order chi connectivity index (χ0) is 22.8. The smallest absolute Gasteiger partial charge is 0.293 e. The van der Waals surface area contributed by atoms with Crippen LogP contribution in [0.4, 0.5) is 4.79 Å². The van der Waals surface area contributed by atoms with Crippen LogP contribution < -0.4 is 5.32 Å². The first kappa shape index (κ1) is 21.4. The Morgan fingerprint density at radius 3 is 2.38 bits per heavy atom. The summed E-state index contributed by atoms with van der Waals surface area (Å²) < 4.78 is 0. The predicted molar refractivity (Wildman–Crippen MR) is 116 cm³/mol. The fourth-order valence-electron chi connectivity index (χ4n) is 3.42. The molecule has 32 heavy (non-hydrogen) atoms. The monoisotopic (exact) mass is 450 g/mol. The molecule has 0 saturated carbocycles. The fourth-order valence-corrected chi connectivity index (χ4v) is 4.29. The number of rotatable bonds is 6. The van der Waals surface area contributed by atoms with Crippen LogP contribution in [-0.4, -0.2) is 62.8 Å². The van der Waals surface area contributed by atoms with Crippen LogP contribution in [0.1, 0.15) is 33.2 Å². The lowest BCUT2D eigenvalue weighted by molar-refractivity contribution is -0.126. The highest BCUT2D eigenvalue weighted by atomic mass is 32.2. The standard InChI is InChI=1S/C22H18N4O5S/c1-13(26-19(28)15-6-2-3-7-16(15)20(26)29)18(27)24-9-10-25-21(30)17(32-22(25)31)11-14-5-4-8-23-12-14/h2-8,11-13H,9-10H2,1H3,(H,24,27)/b17-11-/t13-/m0/s1. The first-order chi connectivity index (χ1) is 15.4. The van der Waals surface area contributed by atoms with Crippen molar-refractivity contribution in [2.75, 3.05) is 13.1 Å².